The predicted octanol–water partition coefficient (Wildman–Crippen LogP) is 5.24. The van der Waals surface area contributed by atoms with Crippen LogP contribution in [0.4, 0.5) is 5.69 Å². The van der Waals surface area contributed by atoms with Crippen molar-refractivity contribution in [2.45, 2.75) is 19.3 Å². The Bertz CT molecular complexity index is 1490. The lowest BCUT2D eigenvalue weighted by Crippen LogP contribution is -2.32. The van der Waals surface area contributed by atoms with Gasteiger partial charge < -0.3 is 9.47 Å². The molecule has 3 aliphatic rings. The molecule has 0 radical (unpaired) electrons. The SMILES string of the molecule is O=C(COC(=O)c1ccc(N2C(=O)C3C4CCC(C4)C3C2=O)cc1)c1ccc(OC(=O)c2ccc(Br)cc2)cc1. The van der Waals surface area contributed by atoms with Gasteiger partial charge in [0.2, 0.25) is 11.8 Å². The molecule has 0 spiro atoms. The highest BCUT2D eigenvalue weighted by Gasteiger charge is 2.61. The van der Waals surface area contributed by atoms with Gasteiger partial charge in [0.05, 0.1) is 28.7 Å². The summed E-state index contributed by atoms with van der Waals surface area (Å²) in [7, 11) is 0. The smallest absolute Gasteiger partial charge is 0.343 e. The van der Waals surface area contributed by atoms with E-state index >= 15 is 0 Å². The molecule has 2 bridgehead atoms. The van der Waals surface area contributed by atoms with Gasteiger partial charge in [-0.15, -0.1) is 0 Å². The lowest BCUT2D eigenvalue weighted by atomic mass is 9.81. The average molecular weight is 602 g/mol. The second-order valence-corrected chi connectivity index (χ2v) is 11.3. The molecule has 2 amide bonds. The van der Waals surface area contributed by atoms with Crippen molar-refractivity contribution in [3.05, 3.63) is 94.0 Å². The van der Waals surface area contributed by atoms with Gasteiger partial charge in [0.25, 0.3) is 0 Å². The highest BCUT2D eigenvalue weighted by atomic mass is 79.9. The quantitative estimate of drug-likeness (QED) is 0.158. The Kier molecular flexibility index (Phi) is 6.83. The number of hydrogen-bond donors (Lipinski definition) is 0. The number of anilines is 1. The molecule has 2 saturated carbocycles. The van der Waals surface area contributed by atoms with Crippen molar-refractivity contribution in [1.29, 1.82) is 0 Å². The third kappa shape index (κ3) is 4.75. The number of nitrogens with zero attached hydrogens (tertiary/aromatic N) is 1. The molecular formula is C31H24BrNO7. The van der Waals surface area contributed by atoms with Gasteiger partial charge in [0, 0.05) is 10.0 Å². The zero-order valence-corrected chi connectivity index (χ0v) is 22.8. The normalized spacial score (nSPS) is 22.8. The van der Waals surface area contributed by atoms with Crippen molar-refractivity contribution in [2.75, 3.05) is 11.5 Å². The van der Waals surface area contributed by atoms with Gasteiger partial charge in [0.15, 0.2) is 12.4 Å². The van der Waals surface area contributed by atoms with Crippen molar-refractivity contribution in [3.8, 4) is 5.75 Å². The Morgan fingerprint density at radius 3 is 1.85 bits per heavy atom. The molecule has 3 aromatic carbocycles. The van der Waals surface area contributed by atoms with Crippen LogP contribution >= 0.6 is 15.9 Å². The molecular weight excluding hydrogens is 578 g/mol. The number of fused-ring (bicyclic) bond motifs is 5. The van der Waals surface area contributed by atoms with E-state index in [-0.39, 0.29) is 40.5 Å². The molecule has 6 rings (SSSR count). The van der Waals surface area contributed by atoms with E-state index in [9.17, 15) is 24.0 Å². The van der Waals surface area contributed by atoms with Gasteiger partial charge in [-0.25, -0.2) is 9.59 Å². The first-order chi connectivity index (χ1) is 19.3. The van der Waals surface area contributed by atoms with Crippen LogP contribution in [0, 0.1) is 23.7 Å². The van der Waals surface area contributed by atoms with Crippen LogP contribution in [0.2, 0.25) is 0 Å². The molecule has 1 heterocycles. The summed E-state index contributed by atoms with van der Waals surface area (Å²) in [6, 6.07) is 18.8. The number of imide groups is 1. The van der Waals surface area contributed by atoms with Crippen molar-refractivity contribution >= 4 is 51.2 Å². The van der Waals surface area contributed by atoms with Crippen molar-refractivity contribution in [2.24, 2.45) is 23.7 Å². The van der Waals surface area contributed by atoms with E-state index in [2.05, 4.69) is 15.9 Å². The number of rotatable bonds is 7. The minimum atomic E-state index is -0.700. The Morgan fingerprint density at radius 1 is 0.725 bits per heavy atom. The van der Waals surface area contributed by atoms with Crippen LogP contribution in [0.25, 0.3) is 0 Å². The summed E-state index contributed by atoms with van der Waals surface area (Å²) in [5.74, 6) is -1.50. The number of ketones is 1. The van der Waals surface area contributed by atoms with Crippen LogP contribution in [0.5, 0.6) is 5.75 Å². The molecule has 0 aromatic heterocycles. The fourth-order valence-corrected chi connectivity index (χ4v) is 6.43. The summed E-state index contributed by atoms with van der Waals surface area (Å²) in [5.41, 5.74) is 1.32. The molecule has 0 N–H and O–H groups in total. The standard InChI is InChI=1S/C31H24BrNO7/c32-22-9-3-19(4-10-22)31(38)40-24-13-7-17(8-14-24)25(34)16-39-30(37)18-5-11-23(12-6-18)33-28(35)26-20-1-2-21(15-20)27(26)29(33)36/h3-14,20-21,26-27H,1-2,15-16H2. The fraction of sp³-hybridized carbons (Fsp3) is 0.258. The monoisotopic (exact) mass is 601 g/mol. The summed E-state index contributed by atoms with van der Waals surface area (Å²) in [6.45, 7) is -0.478. The Labute approximate surface area is 238 Å². The lowest BCUT2D eigenvalue weighted by molar-refractivity contribution is -0.123. The van der Waals surface area contributed by atoms with Gasteiger partial charge >= 0.3 is 11.9 Å². The Morgan fingerprint density at radius 2 is 1.25 bits per heavy atom. The Balaban J connectivity index is 1.03. The van der Waals surface area contributed by atoms with Crippen LogP contribution in [-0.4, -0.2) is 36.1 Å². The highest BCUT2D eigenvalue weighted by Crippen LogP contribution is 2.56. The zero-order valence-electron chi connectivity index (χ0n) is 21.2. The molecule has 1 saturated heterocycles. The van der Waals surface area contributed by atoms with E-state index in [1.165, 1.54) is 41.3 Å². The van der Waals surface area contributed by atoms with Crippen molar-refractivity contribution < 1.29 is 33.4 Å². The number of hydrogen-bond acceptors (Lipinski definition) is 7. The topological polar surface area (TPSA) is 107 Å². The first kappa shape index (κ1) is 26.1. The number of carbonyl (C=O) groups excluding carboxylic acids is 5. The maximum Gasteiger partial charge on any atom is 0.343 e. The second-order valence-electron chi connectivity index (χ2n) is 10.4. The third-order valence-corrected chi connectivity index (χ3v) is 8.62. The maximum absolute atomic E-state index is 13.0. The molecule has 9 heteroatoms. The van der Waals surface area contributed by atoms with Crippen LogP contribution in [0.15, 0.2) is 77.3 Å². The molecule has 8 nitrogen and oxygen atoms in total. The van der Waals surface area contributed by atoms with Gasteiger partial charge in [-0.3, -0.25) is 19.3 Å². The van der Waals surface area contributed by atoms with Crippen molar-refractivity contribution in [1.82, 2.24) is 0 Å². The number of carbonyl (C=O) groups is 5. The number of esters is 2. The first-order valence-corrected chi connectivity index (χ1v) is 13.9. The number of ether oxygens (including phenoxy) is 2. The van der Waals surface area contributed by atoms with E-state index in [0.717, 1.165) is 23.7 Å². The van der Waals surface area contributed by atoms with E-state index in [0.29, 0.717) is 23.1 Å². The molecule has 1 aliphatic heterocycles. The minimum Gasteiger partial charge on any atom is -0.454 e. The van der Waals surface area contributed by atoms with Crippen LogP contribution in [0.3, 0.4) is 0 Å². The number of halogens is 1. The molecule has 3 fully saturated rings. The summed E-state index contributed by atoms with van der Waals surface area (Å²) >= 11 is 3.31. The van der Waals surface area contributed by atoms with E-state index in [4.69, 9.17) is 9.47 Å². The molecule has 4 atom stereocenters. The van der Waals surface area contributed by atoms with Crippen LogP contribution in [0.1, 0.15) is 50.3 Å². The maximum atomic E-state index is 13.0. The van der Waals surface area contributed by atoms with Gasteiger partial charge in [-0.05, 0) is 104 Å². The molecule has 2 aliphatic carbocycles. The molecule has 202 valence electrons. The number of amides is 2. The van der Waals surface area contributed by atoms with Gasteiger partial charge in [-0.2, -0.15) is 0 Å². The second kappa shape index (κ2) is 10.5. The van der Waals surface area contributed by atoms with E-state index < -0.39 is 24.3 Å². The predicted molar refractivity (Wildman–Crippen MR) is 147 cm³/mol. The zero-order chi connectivity index (χ0) is 28.0. The Hall–Kier alpha value is -4.11. The van der Waals surface area contributed by atoms with Crippen LogP contribution in [-0.2, 0) is 14.3 Å². The van der Waals surface area contributed by atoms with E-state index in [1.54, 1.807) is 36.4 Å². The van der Waals surface area contributed by atoms with Gasteiger partial charge in [-0.1, -0.05) is 15.9 Å². The number of Topliss-reactive ketones (excluding diaryl/α,β-unsaturated/α-hetero) is 1. The molecule has 4 unspecified atom stereocenters. The average Bonchev–Trinajstić information content (AvgIpc) is 3.66. The third-order valence-electron chi connectivity index (χ3n) is 8.09. The molecule has 40 heavy (non-hydrogen) atoms. The minimum absolute atomic E-state index is 0.141. The summed E-state index contributed by atoms with van der Waals surface area (Å²) in [4.78, 5) is 64.7. The van der Waals surface area contributed by atoms with Gasteiger partial charge in [0.1, 0.15) is 5.75 Å². The first-order valence-electron chi connectivity index (χ1n) is 13.1. The van der Waals surface area contributed by atoms with Crippen molar-refractivity contribution in [3.63, 3.8) is 0 Å². The fourth-order valence-electron chi connectivity index (χ4n) is 6.17. The van der Waals surface area contributed by atoms with E-state index in [1.807, 2.05) is 0 Å². The highest BCUT2D eigenvalue weighted by molar-refractivity contribution is 9.10. The lowest BCUT2D eigenvalue weighted by Gasteiger charge is -2.19. The van der Waals surface area contributed by atoms with Crippen LogP contribution < -0.4 is 9.64 Å². The summed E-state index contributed by atoms with van der Waals surface area (Å²) < 4.78 is 11.4. The summed E-state index contributed by atoms with van der Waals surface area (Å²) in [6.07, 6.45) is 2.98. The largest absolute Gasteiger partial charge is 0.454 e. The summed E-state index contributed by atoms with van der Waals surface area (Å²) in [5, 5.41) is 0. The molecule has 3 aromatic rings. The number of benzene rings is 3.